The van der Waals surface area contributed by atoms with E-state index in [2.05, 4.69) is 20.3 Å². The summed E-state index contributed by atoms with van der Waals surface area (Å²) in [6.07, 6.45) is -4.73. The Balaban J connectivity index is 1.39. The number of hydrogen-bond acceptors (Lipinski definition) is 8. The molecule has 0 radical (unpaired) electrons. The number of nitrogens with one attached hydrogen (secondary N) is 1. The van der Waals surface area contributed by atoms with E-state index in [0.717, 1.165) is 28.3 Å². The summed E-state index contributed by atoms with van der Waals surface area (Å²) < 4.78 is 44.3. The summed E-state index contributed by atoms with van der Waals surface area (Å²) in [6.45, 7) is 1.54. The number of nitrogens with two attached hydrogens (primary N) is 1. The molecule has 2 heterocycles. The molecule has 2 aromatic carbocycles. The van der Waals surface area contributed by atoms with Gasteiger partial charge in [-0.3, -0.25) is 9.59 Å². The van der Waals surface area contributed by atoms with Crippen LogP contribution in [0, 0.1) is 12.8 Å². The molecule has 4 rings (SSSR count). The molecule has 1 aliphatic heterocycles. The number of carbonyl (C=O) groups excluding carboxylic acids is 2. The van der Waals surface area contributed by atoms with Gasteiger partial charge in [0.1, 0.15) is 0 Å². The van der Waals surface area contributed by atoms with Crippen LogP contribution in [0.3, 0.4) is 0 Å². The first-order valence-electron chi connectivity index (χ1n) is 10.6. The van der Waals surface area contributed by atoms with Gasteiger partial charge in [0.05, 0.1) is 11.5 Å². The van der Waals surface area contributed by atoms with Crippen LogP contribution in [0.25, 0.3) is 0 Å². The second-order valence-electron chi connectivity index (χ2n) is 7.99. The maximum absolute atomic E-state index is 13.0. The Bertz CT molecular complexity index is 1250. The van der Waals surface area contributed by atoms with Gasteiger partial charge in [0, 0.05) is 24.3 Å². The lowest BCUT2D eigenvalue weighted by Gasteiger charge is -2.18. The smallest absolute Gasteiger partial charge is 0.416 e. The molecule has 35 heavy (non-hydrogen) atoms. The van der Waals surface area contributed by atoms with Gasteiger partial charge in [-0.15, -0.1) is 0 Å². The Morgan fingerprint density at radius 2 is 1.91 bits per heavy atom. The number of benzene rings is 2. The molecule has 0 saturated carbocycles. The summed E-state index contributed by atoms with van der Waals surface area (Å²) in [5.41, 5.74) is 6.73. The van der Waals surface area contributed by atoms with Gasteiger partial charge in [0.2, 0.25) is 17.8 Å². The highest BCUT2D eigenvalue weighted by atomic mass is 19.4. The third-order valence-electron chi connectivity index (χ3n) is 5.29. The fourth-order valence-electron chi connectivity index (χ4n) is 3.54. The average molecular weight is 486 g/mol. The van der Waals surface area contributed by atoms with Gasteiger partial charge in [0.15, 0.2) is 12.4 Å². The van der Waals surface area contributed by atoms with Crippen molar-refractivity contribution >= 4 is 35.1 Å². The Morgan fingerprint density at radius 3 is 2.63 bits per heavy atom. The van der Waals surface area contributed by atoms with E-state index >= 15 is 0 Å². The Kier molecular flexibility index (Phi) is 6.54. The number of aromatic nitrogens is 3. The van der Waals surface area contributed by atoms with Crippen molar-refractivity contribution in [1.82, 2.24) is 15.0 Å². The van der Waals surface area contributed by atoms with E-state index < -0.39 is 29.5 Å². The number of rotatable bonds is 6. The van der Waals surface area contributed by atoms with Crippen LogP contribution >= 0.6 is 0 Å². The molecule has 0 bridgehead atoms. The molecule has 1 saturated heterocycles. The molecule has 182 valence electrons. The topological polar surface area (TPSA) is 123 Å². The molecule has 3 aromatic rings. The maximum Gasteiger partial charge on any atom is 0.416 e. The number of halogens is 3. The second kappa shape index (κ2) is 9.57. The highest BCUT2D eigenvalue weighted by Crippen LogP contribution is 2.33. The summed E-state index contributed by atoms with van der Waals surface area (Å²) in [5, 5.41) is 2.99. The lowest BCUT2D eigenvalue weighted by Crippen LogP contribution is -2.26. The maximum atomic E-state index is 13.0. The summed E-state index contributed by atoms with van der Waals surface area (Å²) in [5.74, 6) is -1.83. The minimum Gasteiger partial charge on any atom is -0.457 e. The van der Waals surface area contributed by atoms with Crippen LogP contribution in [0.1, 0.15) is 23.4 Å². The Morgan fingerprint density at radius 1 is 1.17 bits per heavy atom. The van der Waals surface area contributed by atoms with Gasteiger partial charge in [-0.25, -0.2) is 0 Å². The van der Waals surface area contributed by atoms with Gasteiger partial charge < -0.3 is 20.7 Å². The molecule has 1 aromatic heterocycles. The highest BCUT2D eigenvalue weighted by Gasteiger charge is 2.37. The number of nitrogen functional groups attached to an aromatic ring is 1. The normalized spacial score (nSPS) is 15.8. The van der Waals surface area contributed by atoms with Crippen LogP contribution in [0.5, 0.6) is 0 Å². The first-order chi connectivity index (χ1) is 16.6. The van der Waals surface area contributed by atoms with Crippen molar-refractivity contribution in [2.24, 2.45) is 5.92 Å². The monoisotopic (exact) mass is 486 g/mol. The number of amides is 1. The van der Waals surface area contributed by atoms with Crippen molar-refractivity contribution in [3.05, 3.63) is 65.5 Å². The Labute approximate surface area is 198 Å². The molecule has 9 nitrogen and oxygen atoms in total. The predicted octanol–water partition coefficient (Wildman–Crippen LogP) is 3.62. The first kappa shape index (κ1) is 23.9. The van der Waals surface area contributed by atoms with E-state index in [-0.39, 0.29) is 43.0 Å². The van der Waals surface area contributed by atoms with Gasteiger partial charge >= 0.3 is 12.1 Å². The van der Waals surface area contributed by atoms with Crippen molar-refractivity contribution in [1.29, 1.82) is 0 Å². The standard InChI is InChI=1S/C23H21F3N6O3/c1-13-5-7-16(8-6-13)28-22-30-18(29-21(27)31-22)12-35-20(34)14-9-19(33)32(11-14)17-4-2-3-15(10-17)23(24,25)26/h2-8,10,14H,9,11-12H2,1H3,(H3,27,28,29,30,31)/t14-/m0/s1. The summed E-state index contributed by atoms with van der Waals surface area (Å²) in [4.78, 5) is 38.2. The zero-order chi connectivity index (χ0) is 25.2. The summed E-state index contributed by atoms with van der Waals surface area (Å²) in [7, 11) is 0. The number of alkyl halides is 3. The quantitative estimate of drug-likeness (QED) is 0.507. The van der Waals surface area contributed by atoms with Crippen molar-refractivity contribution in [3.8, 4) is 0 Å². The van der Waals surface area contributed by atoms with E-state index in [1.807, 2.05) is 31.2 Å². The van der Waals surface area contributed by atoms with Crippen LogP contribution in [0.2, 0.25) is 0 Å². The number of aryl methyl sites for hydroxylation is 1. The van der Waals surface area contributed by atoms with Crippen LogP contribution in [-0.4, -0.2) is 33.4 Å². The van der Waals surface area contributed by atoms with Crippen LogP contribution in [0.4, 0.5) is 36.4 Å². The van der Waals surface area contributed by atoms with Gasteiger partial charge in [-0.2, -0.15) is 28.1 Å². The number of esters is 1. The molecule has 1 atom stereocenters. The molecule has 0 aliphatic carbocycles. The van der Waals surface area contributed by atoms with Crippen LogP contribution in [0.15, 0.2) is 48.5 Å². The molecule has 1 aliphatic rings. The van der Waals surface area contributed by atoms with Crippen LogP contribution in [-0.2, 0) is 27.1 Å². The number of ether oxygens (including phenoxy) is 1. The number of nitrogens with zero attached hydrogens (tertiary/aromatic N) is 4. The molecule has 1 amide bonds. The molecular formula is C23H21F3N6O3. The summed E-state index contributed by atoms with van der Waals surface area (Å²) in [6, 6.07) is 11.9. The molecule has 0 unspecified atom stereocenters. The van der Waals surface area contributed by atoms with Crippen molar-refractivity contribution in [2.45, 2.75) is 26.1 Å². The largest absolute Gasteiger partial charge is 0.457 e. The van der Waals surface area contributed by atoms with E-state index in [0.29, 0.717) is 0 Å². The first-order valence-corrected chi connectivity index (χ1v) is 10.6. The molecular weight excluding hydrogens is 465 g/mol. The van der Waals surface area contributed by atoms with E-state index in [1.54, 1.807) is 0 Å². The zero-order valence-electron chi connectivity index (χ0n) is 18.5. The van der Waals surface area contributed by atoms with E-state index in [4.69, 9.17) is 10.5 Å². The lowest BCUT2D eigenvalue weighted by atomic mass is 10.1. The Hall–Kier alpha value is -4.22. The fraction of sp³-hybridized carbons (Fsp3) is 0.261. The molecule has 0 spiro atoms. The second-order valence-corrected chi connectivity index (χ2v) is 7.99. The number of anilines is 4. The third kappa shape index (κ3) is 5.83. The van der Waals surface area contributed by atoms with Crippen LogP contribution < -0.4 is 16.0 Å². The van der Waals surface area contributed by atoms with Gasteiger partial charge in [0.25, 0.3) is 0 Å². The minimum absolute atomic E-state index is 0.0668. The van der Waals surface area contributed by atoms with Gasteiger partial charge in [-0.1, -0.05) is 23.8 Å². The third-order valence-corrected chi connectivity index (χ3v) is 5.29. The molecule has 3 N–H and O–H groups in total. The predicted molar refractivity (Wildman–Crippen MR) is 120 cm³/mol. The SMILES string of the molecule is Cc1ccc(Nc2nc(N)nc(COC(=O)[C@H]3CC(=O)N(c4cccc(C(F)(F)F)c4)C3)n2)cc1. The van der Waals surface area contributed by atoms with Crippen molar-refractivity contribution in [3.63, 3.8) is 0 Å². The fourth-order valence-corrected chi connectivity index (χ4v) is 3.54. The molecule has 1 fully saturated rings. The lowest BCUT2D eigenvalue weighted by molar-refractivity contribution is -0.150. The number of carbonyl (C=O) groups is 2. The van der Waals surface area contributed by atoms with Gasteiger partial charge in [-0.05, 0) is 37.3 Å². The van der Waals surface area contributed by atoms with E-state index in [1.165, 1.54) is 12.1 Å². The zero-order valence-corrected chi connectivity index (χ0v) is 18.5. The van der Waals surface area contributed by atoms with Crippen molar-refractivity contribution in [2.75, 3.05) is 22.5 Å². The van der Waals surface area contributed by atoms with E-state index in [9.17, 15) is 22.8 Å². The minimum atomic E-state index is -4.54. The van der Waals surface area contributed by atoms with Crippen molar-refractivity contribution < 1.29 is 27.5 Å². The summed E-state index contributed by atoms with van der Waals surface area (Å²) >= 11 is 0. The highest BCUT2D eigenvalue weighted by molar-refractivity contribution is 5.99. The number of hydrogen-bond donors (Lipinski definition) is 2. The molecule has 12 heteroatoms. The average Bonchev–Trinajstić information content (AvgIpc) is 3.20.